The quantitative estimate of drug-likeness (QED) is 0.380. The first-order valence-electron chi connectivity index (χ1n) is 7.04. The monoisotopic (exact) mass is 321 g/mol. The molecule has 0 aliphatic carbocycles. The van der Waals surface area contributed by atoms with Crippen LogP contribution in [0.5, 0.6) is 0 Å². The van der Waals surface area contributed by atoms with Crippen LogP contribution >= 0.6 is 12.4 Å². The van der Waals surface area contributed by atoms with Crippen LogP contribution in [0, 0.1) is 0 Å². The molecular formula is C14H24ClNO5. The zero-order valence-corrected chi connectivity index (χ0v) is 13.2. The van der Waals surface area contributed by atoms with Gasteiger partial charge < -0.3 is 14.2 Å². The maximum atomic E-state index is 11.3. The first kappa shape index (κ1) is 19.9. The average Bonchev–Trinajstić information content (AvgIpc) is 2.46. The van der Waals surface area contributed by atoms with Crippen molar-refractivity contribution in [2.24, 2.45) is 0 Å². The minimum absolute atomic E-state index is 0. The zero-order chi connectivity index (χ0) is 14.6. The molecule has 1 saturated heterocycles. The van der Waals surface area contributed by atoms with Gasteiger partial charge in [-0.05, 0) is 26.3 Å². The highest BCUT2D eigenvalue weighted by molar-refractivity contribution is 5.91. The Balaban J connectivity index is 0.00000400. The molecule has 1 aliphatic rings. The van der Waals surface area contributed by atoms with Crippen molar-refractivity contribution in [2.45, 2.75) is 19.8 Å². The van der Waals surface area contributed by atoms with E-state index in [1.165, 1.54) is 0 Å². The second kappa shape index (κ2) is 12.6. The molecule has 1 aliphatic heterocycles. The lowest BCUT2D eigenvalue weighted by Gasteiger charge is -2.26. The molecule has 1 heterocycles. The van der Waals surface area contributed by atoms with Crippen molar-refractivity contribution in [1.29, 1.82) is 0 Å². The summed E-state index contributed by atoms with van der Waals surface area (Å²) in [7, 11) is 0. The Bertz CT molecular complexity index is 329. The molecular weight excluding hydrogens is 298 g/mol. The molecule has 7 heteroatoms. The summed E-state index contributed by atoms with van der Waals surface area (Å²) in [6.07, 6.45) is 3.98. The number of morpholine rings is 1. The minimum atomic E-state index is -0.531. The van der Waals surface area contributed by atoms with Crippen molar-refractivity contribution in [1.82, 2.24) is 4.90 Å². The molecule has 1 fully saturated rings. The molecule has 0 N–H and O–H groups in total. The molecule has 1 rings (SSSR count). The molecule has 0 atom stereocenters. The van der Waals surface area contributed by atoms with Crippen LogP contribution < -0.4 is 0 Å². The van der Waals surface area contributed by atoms with Gasteiger partial charge in [0.1, 0.15) is 0 Å². The lowest BCUT2D eigenvalue weighted by Crippen LogP contribution is -2.36. The van der Waals surface area contributed by atoms with E-state index >= 15 is 0 Å². The topological polar surface area (TPSA) is 65.1 Å². The molecule has 0 bridgehead atoms. The second-order valence-electron chi connectivity index (χ2n) is 4.41. The Morgan fingerprint density at radius 1 is 1.10 bits per heavy atom. The van der Waals surface area contributed by atoms with E-state index in [2.05, 4.69) is 9.64 Å². The zero-order valence-electron chi connectivity index (χ0n) is 12.4. The van der Waals surface area contributed by atoms with Crippen molar-refractivity contribution in [2.75, 3.05) is 46.1 Å². The molecule has 0 radical (unpaired) electrons. The third kappa shape index (κ3) is 10.3. The summed E-state index contributed by atoms with van der Waals surface area (Å²) in [4.78, 5) is 24.6. The van der Waals surface area contributed by atoms with Crippen molar-refractivity contribution < 1.29 is 23.8 Å². The van der Waals surface area contributed by atoms with Crippen LogP contribution in [0.1, 0.15) is 19.8 Å². The summed E-state index contributed by atoms with van der Waals surface area (Å²) in [5.41, 5.74) is 0. The molecule has 0 aromatic rings. The van der Waals surface area contributed by atoms with Gasteiger partial charge in [-0.15, -0.1) is 12.4 Å². The number of ether oxygens (including phenoxy) is 3. The molecule has 0 aromatic carbocycles. The molecule has 0 unspecified atom stereocenters. The largest absolute Gasteiger partial charge is 0.463 e. The highest BCUT2D eigenvalue weighted by atomic mass is 35.5. The van der Waals surface area contributed by atoms with E-state index in [4.69, 9.17) is 9.47 Å². The fourth-order valence-corrected chi connectivity index (χ4v) is 1.81. The van der Waals surface area contributed by atoms with E-state index in [-0.39, 0.29) is 12.4 Å². The van der Waals surface area contributed by atoms with Crippen LogP contribution in [0.3, 0.4) is 0 Å². The molecule has 0 aromatic heterocycles. The van der Waals surface area contributed by atoms with Gasteiger partial charge in [0, 0.05) is 25.2 Å². The maximum absolute atomic E-state index is 11.3. The van der Waals surface area contributed by atoms with Gasteiger partial charge in [0.25, 0.3) is 0 Å². The van der Waals surface area contributed by atoms with E-state index in [1.54, 1.807) is 6.92 Å². The number of nitrogens with zero attached hydrogens (tertiary/aromatic N) is 1. The summed E-state index contributed by atoms with van der Waals surface area (Å²) < 4.78 is 14.9. The molecule has 0 saturated carbocycles. The van der Waals surface area contributed by atoms with Crippen LogP contribution in [0.4, 0.5) is 0 Å². The van der Waals surface area contributed by atoms with Crippen LogP contribution in [0.15, 0.2) is 12.2 Å². The van der Waals surface area contributed by atoms with Crippen molar-refractivity contribution in [3.63, 3.8) is 0 Å². The number of hydrogen-bond donors (Lipinski definition) is 0. The lowest BCUT2D eigenvalue weighted by atomic mass is 10.3. The number of halogens is 1. The van der Waals surface area contributed by atoms with Gasteiger partial charge in [0.05, 0.1) is 26.4 Å². The van der Waals surface area contributed by atoms with E-state index in [1.807, 2.05) is 0 Å². The Kier molecular flexibility index (Phi) is 12.0. The van der Waals surface area contributed by atoms with Crippen LogP contribution in [0.2, 0.25) is 0 Å². The lowest BCUT2D eigenvalue weighted by molar-refractivity contribution is -0.140. The van der Waals surface area contributed by atoms with Crippen molar-refractivity contribution >= 4 is 24.3 Å². The van der Waals surface area contributed by atoms with Crippen molar-refractivity contribution in [3.05, 3.63) is 12.2 Å². The van der Waals surface area contributed by atoms with E-state index in [0.29, 0.717) is 13.2 Å². The van der Waals surface area contributed by atoms with Crippen molar-refractivity contribution in [3.8, 4) is 0 Å². The molecule has 6 nitrogen and oxygen atoms in total. The summed E-state index contributed by atoms with van der Waals surface area (Å²) in [6.45, 7) is 6.92. The molecule has 0 amide bonds. The van der Waals surface area contributed by atoms with E-state index in [0.717, 1.165) is 57.8 Å². The van der Waals surface area contributed by atoms with E-state index < -0.39 is 11.9 Å². The highest BCUT2D eigenvalue weighted by Gasteiger charge is 2.09. The van der Waals surface area contributed by atoms with Crippen LogP contribution in [-0.2, 0) is 23.8 Å². The first-order chi connectivity index (χ1) is 9.72. The van der Waals surface area contributed by atoms with Gasteiger partial charge in [-0.1, -0.05) is 0 Å². The third-order valence-corrected chi connectivity index (χ3v) is 2.86. The van der Waals surface area contributed by atoms with Gasteiger partial charge in [-0.3, -0.25) is 4.90 Å². The summed E-state index contributed by atoms with van der Waals surface area (Å²) in [5, 5.41) is 0. The Hall–Kier alpha value is -1.11. The number of carbonyl (C=O) groups is 2. The fourth-order valence-electron chi connectivity index (χ4n) is 1.81. The number of carbonyl (C=O) groups excluding carboxylic acids is 2. The number of esters is 2. The Labute approximate surface area is 131 Å². The molecule has 0 spiro atoms. The highest BCUT2D eigenvalue weighted by Crippen LogP contribution is 2.00. The Morgan fingerprint density at radius 2 is 1.71 bits per heavy atom. The molecule has 122 valence electrons. The predicted molar refractivity (Wildman–Crippen MR) is 80.5 cm³/mol. The van der Waals surface area contributed by atoms with Crippen LogP contribution in [-0.4, -0.2) is 62.9 Å². The summed E-state index contributed by atoms with van der Waals surface area (Å²) >= 11 is 0. The standard InChI is InChI=1S/C14H23NO5.ClH/c1-2-19-13(16)5-6-14(17)20-10-4-3-7-15-8-11-18-12-9-15;/h5-6H,2-4,7-12H2,1H3;1H/b6-5+;. The SMILES string of the molecule is CCOC(=O)/C=C/C(=O)OCCCCN1CCOCC1.Cl. The Morgan fingerprint density at radius 3 is 2.33 bits per heavy atom. The summed E-state index contributed by atoms with van der Waals surface area (Å²) in [6, 6.07) is 0. The average molecular weight is 322 g/mol. The fraction of sp³-hybridized carbons (Fsp3) is 0.714. The maximum Gasteiger partial charge on any atom is 0.331 e. The smallest absolute Gasteiger partial charge is 0.331 e. The molecule has 21 heavy (non-hydrogen) atoms. The second-order valence-corrected chi connectivity index (χ2v) is 4.41. The predicted octanol–water partition coefficient (Wildman–Crippen LogP) is 1.18. The first-order valence-corrected chi connectivity index (χ1v) is 7.04. The van der Waals surface area contributed by atoms with Gasteiger partial charge in [-0.25, -0.2) is 9.59 Å². The summed E-state index contributed by atoms with van der Waals surface area (Å²) in [5.74, 6) is -1.04. The van der Waals surface area contributed by atoms with Crippen LogP contribution in [0.25, 0.3) is 0 Å². The normalized spacial score (nSPS) is 15.5. The number of hydrogen-bond acceptors (Lipinski definition) is 6. The minimum Gasteiger partial charge on any atom is -0.463 e. The van der Waals surface area contributed by atoms with Gasteiger partial charge in [0.15, 0.2) is 0 Å². The van der Waals surface area contributed by atoms with Gasteiger partial charge >= 0.3 is 11.9 Å². The van der Waals surface area contributed by atoms with Gasteiger partial charge in [0.2, 0.25) is 0 Å². The van der Waals surface area contributed by atoms with Gasteiger partial charge in [-0.2, -0.15) is 0 Å². The number of rotatable bonds is 8. The van der Waals surface area contributed by atoms with E-state index in [9.17, 15) is 9.59 Å². The third-order valence-electron chi connectivity index (χ3n) is 2.86. The number of unbranched alkanes of at least 4 members (excludes halogenated alkanes) is 1.